The minimum Gasteiger partial charge on any atom is -0.444 e. The average molecular weight is 352 g/mol. The molecule has 9 heteroatoms. The van der Waals surface area contributed by atoms with Gasteiger partial charge in [-0.05, 0) is 46.5 Å². The van der Waals surface area contributed by atoms with Crippen LogP contribution in [0.1, 0.15) is 46.5 Å². The molecule has 24 heavy (non-hydrogen) atoms. The van der Waals surface area contributed by atoms with Gasteiger partial charge in [0.25, 0.3) is 0 Å². The van der Waals surface area contributed by atoms with Crippen molar-refractivity contribution in [3.8, 4) is 0 Å². The van der Waals surface area contributed by atoms with Crippen molar-refractivity contribution < 1.29 is 32.6 Å². The van der Waals surface area contributed by atoms with Gasteiger partial charge in [0.2, 0.25) is 0 Å². The molecule has 2 amide bonds. The molecule has 2 rings (SSSR count). The van der Waals surface area contributed by atoms with E-state index in [1.165, 1.54) is 4.90 Å². The average Bonchev–Trinajstić information content (AvgIpc) is 3.17. The van der Waals surface area contributed by atoms with Gasteiger partial charge in [-0.15, -0.1) is 0 Å². The highest BCUT2D eigenvalue weighted by atomic mass is 19.4. The van der Waals surface area contributed by atoms with Crippen molar-refractivity contribution >= 4 is 12.0 Å². The molecular weight excluding hydrogens is 329 g/mol. The summed E-state index contributed by atoms with van der Waals surface area (Å²) < 4.78 is 42.6. The van der Waals surface area contributed by atoms with Gasteiger partial charge in [-0.1, -0.05) is 0 Å². The zero-order valence-electron chi connectivity index (χ0n) is 14.0. The molecule has 0 atom stereocenters. The summed E-state index contributed by atoms with van der Waals surface area (Å²) in [5, 5.41) is 12.7. The maximum absolute atomic E-state index is 12.5. The second-order valence-electron chi connectivity index (χ2n) is 7.53. The fraction of sp³-hybridized carbons (Fsp3) is 0.867. The Morgan fingerprint density at radius 3 is 1.96 bits per heavy atom. The molecule has 1 heterocycles. The van der Waals surface area contributed by atoms with Gasteiger partial charge in [-0.3, -0.25) is 4.79 Å². The first-order valence-electron chi connectivity index (χ1n) is 7.88. The number of hydrogen-bond donors (Lipinski definition) is 2. The second kappa shape index (κ2) is 5.79. The molecule has 1 aliphatic heterocycles. The Morgan fingerprint density at radius 2 is 1.58 bits per heavy atom. The normalized spacial score (nSPS) is 22.7. The molecule has 6 nitrogen and oxygen atoms in total. The van der Waals surface area contributed by atoms with Crippen molar-refractivity contribution in [2.45, 2.75) is 69.4 Å². The summed E-state index contributed by atoms with van der Waals surface area (Å²) in [5.74, 6) is -2.04. The predicted octanol–water partition coefficient (Wildman–Crippen LogP) is 1.96. The summed E-state index contributed by atoms with van der Waals surface area (Å²) in [5.41, 5.74) is -3.35. The minimum atomic E-state index is -4.98. The van der Waals surface area contributed by atoms with Crippen LogP contribution in [-0.2, 0) is 9.53 Å². The smallest absolute Gasteiger partial charge is 0.444 e. The molecule has 2 aliphatic rings. The number of alkyl halides is 3. The maximum atomic E-state index is 12.5. The Bertz CT molecular complexity index is 516. The van der Waals surface area contributed by atoms with E-state index >= 15 is 0 Å². The van der Waals surface area contributed by atoms with Gasteiger partial charge in [0.05, 0.1) is 11.1 Å². The number of carbonyl (C=O) groups is 2. The molecule has 0 bridgehead atoms. The number of carbonyl (C=O) groups excluding carboxylic acids is 2. The SMILES string of the molecule is CC(C)(C)OC(=O)N1CCC(O)(C2(NC(=O)C(F)(F)F)CC2)CC1. The third kappa shape index (κ3) is 3.93. The molecule has 0 radical (unpaired) electrons. The van der Waals surface area contributed by atoms with Gasteiger partial charge in [0, 0.05) is 13.1 Å². The first kappa shape index (κ1) is 18.8. The van der Waals surface area contributed by atoms with E-state index in [4.69, 9.17) is 4.74 Å². The number of aliphatic hydroxyl groups is 1. The van der Waals surface area contributed by atoms with E-state index in [0.717, 1.165) is 0 Å². The lowest BCUT2D eigenvalue weighted by molar-refractivity contribution is -0.177. The maximum Gasteiger partial charge on any atom is 0.471 e. The molecule has 138 valence electrons. The monoisotopic (exact) mass is 352 g/mol. The molecule has 1 saturated heterocycles. The van der Waals surface area contributed by atoms with E-state index < -0.39 is 34.9 Å². The van der Waals surface area contributed by atoms with Crippen molar-refractivity contribution in [3.63, 3.8) is 0 Å². The quantitative estimate of drug-likeness (QED) is 0.796. The van der Waals surface area contributed by atoms with Gasteiger partial charge < -0.3 is 20.1 Å². The summed E-state index contributed by atoms with van der Waals surface area (Å²) in [7, 11) is 0. The number of ether oxygens (including phenoxy) is 1. The van der Waals surface area contributed by atoms with Crippen LogP contribution in [0.3, 0.4) is 0 Å². The Balaban J connectivity index is 1.97. The van der Waals surface area contributed by atoms with Crippen LogP contribution in [0.25, 0.3) is 0 Å². The fourth-order valence-corrected chi connectivity index (χ4v) is 2.98. The van der Waals surface area contributed by atoms with Crippen LogP contribution in [0.4, 0.5) is 18.0 Å². The number of halogens is 3. The highest BCUT2D eigenvalue weighted by molar-refractivity contribution is 5.83. The first-order valence-corrected chi connectivity index (χ1v) is 7.88. The van der Waals surface area contributed by atoms with Crippen LogP contribution in [0.5, 0.6) is 0 Å². The van der Waals surface area contributed by atoms with E-state index in [1.807, 2.05) is 5.32 Å². The molecule has 0 unspecified atom stereocenters. The van der Waals surface area contributed by atoms with Gasteiger partial charge in [-0.25, -0.2) is 4.79 Å². The van der Waals surface area contributed by atoms with Crippen molar-refractivity contribution in [2.75, 3.05) is 13.1 Å². The summed E-state index contributed by atoms with van der Waals surface area (Å²) in [6.07, 6.45) is -4.75. The number of nitrogens with one attached hydrogen (secondary N) is 1. The number of rotatable bonds is 2. The predicted molar refractivity (Wildman–Crippen MR) is 78.2 cm³/mol. The van der Waals surface area contributed by atoms with E-state index in [-0.39, 0.29) is 38.8 Å². The topological polar surface area (TPSA) is 78.9 Å². The molecule has 0 aromatic carbocycles. The van der Waals surface area contributed by atoms with Gasteiger partial charge in [0.15, 0.2) is 0 Å². The van der Waals surface area contributed by atoms with Crippen LogP contribution in [-0.4, -0.2) is 58.0 Å². The van der Waals surface area contributed by atoms with Crippen molar-refractivity contribution in [2.24, 2.45) is 0 Å². The minimum absolute atomic E-state index is 0.0877. The number of amides is 2. The van der Waals surface area contributed by atoms with E-state index in [0.29, 0.717) is 0 Å². The standard InChI is InChI=1S/C15H23F3N2O4/c1-12(2,3)24-11(22)20-8-6-14(23,7-9-20)13(4-5-13)19-10(21)15(16,17)18/h23H,4-9H2,1-3H3,(H,19,21). The molecule has 0 aromatic heterocycles. The number of hydrogen-bond acceptors (Lipinski definition) is 4. The number of piperidine rings is 1. The van der Waals surface area contributed by atoms with Crippen LogP contribution in [0, 0.1) is 0 Å². The van der Waals surface area contributed by atoms with Gasteiger partial charge in [-0.2, -0.15) is 13.2 Å². The summed E-state index contributed by atoms with van der Waals surface area (Å²) in [6, 6.07) is 0. The lowest BCUT2D eigenvalue weighted by atomic mass is 9.82. The zero-order chi connectivity index (χ0) is 18.4. The van der Waals surface area contributed by atoms with Gasteiger partial charge >= 0.3 is 18.2 Å². The molecular formula is C15H23F3N2O4. The van der Waals surface area contributed by atoms with Gasteiger partial charge in [0.1, 0.15) is 5.60 Å². The molecule has 1 saturated carbocycles. The summed E-state index contributed by atoms with van der Waals surface area (Å²) in [4.78, 5) is 24.6. The molecule has 2 N–H and O–H groups in total. The van der Waals surface area contributed by atoms with Crippen LogP contribution in [0.2, 0.25) is 0 Å². The largest absolute Gasteiger partial charge is 0.471 e. The first-order chi connectivity index (χ1) is 10.8. The van der Waals surface area contributed by atoms with Crippen LogP contribution < -0.4 is 5.32 Å². The second-order valence-corrected chi connectivity index (χ2v) is 7.53. The van der Waals surface area contributed by atoms with E-state index in [2.05, 4.69) is 0 Å². The lowest BCUT2D eigenvalue weighted by Gasteiger charge is -2.43. The summed E-state index contributed by atoms with van der Waals surface area (Å²) in [6.45, 7) is 5.52. The lowest BCUT2D eigenvalue weighted by Crippen LogP contribution is -2.61. The van der Waals surface area contributed by atoms with Crippen molar-refractivity contribution in [1.82, 2.24) is 10.2 Å². The third-order valence-corrected chi connectivity index (χ3v) is 4.49. The van der Waals surface area contributed by atoms with Crippen LogP contribution in [0.15, 0.2) is 0 Å². The molecule has 1 aliphatic carbocycles. The Labute approximate surface area is 138 Å². The van der Waals surface area contributed by atoms with E-state index in [9.17, 15) is 27.9 Å². The Kier molecular flexibility index (Phi) is 4.54. The Morgan fingerprint density at radius 1 is 1.08 bits per heavy atom. The summed E-state index contributed by atoms with van der Waals surface area (Å²) >= 11 is 0. The van der Waals surface area contributed by atoms with Crippen LogP contribution >= 0.6 is 0 Å². The van der Waals surface area contributed by atoms with E-state index in [1.54, 1.807) is 20.8 Å². The highest BCUT2D eigenvalue weighted by Crippen LogP contribution is 2.50. The van der Waals surface area contributed by atoms with Crippen molar-refractivity contribution in [3.05, 3.63) is 0 Å². The Hall–Kier alpha value is -1.51. The third-order valence-electron chi connectivity index (χ3n) is 4.49. The molecule has 0 spiro atoms. The number of likely N-dealkylation sites (tertiary alicyclic amines) is 1. The highest BCUT2D eigenvalue weighted by Gasteiger charge is 2.62. The number of nitrogens with zero attached hydrogens (tertiary/aromatic N) is 1. The fourth-order valence-electron chi connectivity index (χ4n) is 2.98. The zero-order valence-corrected chi connectivity index (χ0v) is 14.0. The van der Waals surface area contributed by atoms with Crippen molar-refractivity contribution in [1.29, 1.82) is 0 Å². The molecule has 2 fully saturated rings. The molecule has 0 aromatic rings.